The van der Waals surface area contributed by atoms with Crippen molar-refractivity contribution in [3.8, 4) is 22.3 Å². The first-order valence-corrected chi connectivity index (χ1v) is 15.2. The minimum absolute atomic E-state index is 0.169. The third-order valence-electron chi connectivity index (χ3n) is 9.84. The Bertz CT molecular complexity index is 2140. The number of rotatable bonds is 3. The SMILES string of the molecule is c1ccc2c(c1)-c1c(Nc3ccc(-c4cccc5c4oc4cc6ccccc6cc45)cc3)cccc1C21CCCCC1. The Balaban J connectivity index is 1.09. The van der Waals surface area contributed by atoms with Gasteiger partial charge in [-0.25, -0.2) is 0 Å². The lowest BCUT2D eigenvalue weighted by atomic mass is 9.68. The summed E-state index contributed by atoms with van der Waals surface area (Å²) in [5.74, 6) is 0. The third kappa shape index (κ3) is 3.45. The van der Waals surface area contributed by atoms with E-state index in [1.54, 1.807) is 0 Å². The van der Waals surface area contributed by atoms with Gasteiger partial charge in [-0.15, -0.1) is 0 Å². The van der Waals surface area contributed by atoms with Crippen molar-refractivity contribution in [1.29, 1.82) is 0 Å². The molecule has 0 saturated heterocycles. The zero-order chi connectivity index (χ0) is 27.7. The Morgan fingerprint density at radius 2 is 1.29 bits per heavy atom. The third-order valence-corrected chi connectivity index (χ3v) is 9.84. The van der Waals surface area contributed by atoms with Gasteiger partial charge in [-0.05, 0) is 76.2 Å². The quantitative estimate of drug-likeness (QED) is 0.241. The van der Waals surface area contributed by atoms with E-state index in [9.17, 15) is 0 Å². The number of furan rings is 1. The Morgan fingerprint density at radius 3 is 2.14 bits per heavy atom. The van der Waals surface area contributed by atoms with Crippen molar-refractivity contribution in [3.63, 3.8) is 0 Å². The van der Waals surface area contributed by atoms with Crippen LogP contribution in [0.1, 0.15) is 43.2 Å². The molecule has 42 heavy (non-hydrogen) atoms. The number of fused-ring (bicyclic) bond motifs is 9. The molecule has 1 fully saturated rings. The van der Waals surface area contributed by atoms with E-state index in [0.29, 0.717) is 0 Å². The first-order chi connectivity index (χ1) is 20.8. The molecule has 0 unspecified atom stereocenters. The van der Waals surface area contributed by atoms with Crippen LogP contribution in [-0.4, -0.2) is 0 Å². The Labute approximate surface area is 245 Å². The molecule has 2 aliphatic carbocycles. The van der Waals surface area contributed by atoms with Crippen LogP contribution in [0, 0.1) is 0 Å². The van der Waals surface area contributed by atoms with Crippen molar-refractivity contribution in [2.75, 3.05) is 5.32 Å². The van der Waals surface area contributed by atoms with Crippen molar-refractivity contribution < 1.29 is 4.42 Å². The zero-order valence-corrected chi connectivity index (χ0v) is 23.5. The van der Waals surface area contributed by atoms with Gasteiger partial charge in [0.15, 0.2) is 0 Å². The molecule has 0 atom stereocenters. The van der Waals surface area contributed by atoms with Gasteiger partial charge >= 0.3 is 0 Å². The summed E-state index contributed by atoms with van der Waals surface area (Å²) in [5, 5.41) is 8.56. The molecule has 6 aromatic carbocycles. The molecular formula is C40H31NO. The van der Waals surface area contributed by atoms with Crippen molar-refractivity contribution in [1.82, 2.24) is 0 Å². The normalized spacial score (nSPS) is 15.3. The Hall–Kier alpha value is -4.82. The molecule has 0 radical (unpaired) electrons. The van der Waals surface area contributed by atoms with E-state index in [0.717, 1.165) is 38.8 Å². The highest BCUT2D eigenvalue weighted by molar-refractivity contribution is 6.13. The molecule has 2 aliphatic rings. The topological polar surface area (TPSA) is 25.2 Å². The summed E-state index contributed by atoms with van der Waals surface area (Å²) in [7, 11) is 0. The number of hydrogen-bond donors (Lipinski definition) is 1. The van der Waals surface area contributed by atoms with Gasteiger partial charge in [-0.3, -0.25) is 0 Å². The summed E-state index contributed by atoms with van der Waals surface area (Å²) in [6.45, 7) is 0. The van der Waals surface area contributed by atoms with E-state index in [-0.39, 0.29) is 5.41 Å². The Morgan fingerprint density at radius 1 is 0.571 bits per heavy atom. The number of hydrogen-bond acceptors (Lipinski definition) is 2. The molecule has 1 spiro atoms. The molecule has 202 valence electrons. The molecule has 1 aromatic heterocycles. The molecule has 1 heterocycles. The van der Waals surface area contributed by atoms with Crippen molar-refractivity contribution in [3.05, 3.63) is 132 Å². The molecule has 7 aromatic rings. The number of benzene rings is 6. The maximum Gasteiger partial charge on any atom is 0.143 e. The minimum Gasteiger partial charge on any atom is -0.455 e. The van der Waals surface area contributed by atoms with Crippen molar-refractivity contribution >= 4 is 44.1 Å². The molecule has 2 nitrogen and oxygen atoms in total. The fourth-order valence-corrected chi connectivity index (χ4v) is 7.90. The van der Waals surface area contributed by atoms with Gasteiger partial charge in [0.05, 0.1) is 0 Å². The van der Waals surface area contributed by atoms with Gasteiger partial charge in [0.2, 0.25) is 0 Å². The predicted molar refractivity (Wildman–Crippen MR) is 176 cm³/mol. The smallest absolute Gasteiger partial charge is 0.143 e. The molecule has 9 rings (SSSR count). The summed E-state index contributed by atoms with van der Waals surface area (Å²) in [6.07, 6.45) is 6.46. The van der Waals surface area contributed by atoms with Crippen molar-refractivity contribution in [2.45, 2.75) is 37.5 Å². The van der Waals surface area contributed by atoms with E-state index in [4.69, 9.17) is 4.42 Å². The second-order valence-corrected chi connectivity index (χ2v) is 12.1. The van der Waals surface area contributed by atoms with Gasteiger partial charge in [-0.2, -0.15) is 0 Å². The number of anilines is 2. The summed E-state index contributed by atoms with van der Waals surface area (Å²) in [6, 6.07) is 44.1. The highest BCUT2D eigenvalue weighted by Gasteiger charge is 2.44. The van der Waals surface area contributed by atoms with Crippen LogP contribution >= 0.6 is 0 Å². The van der Waals surface area contributed by atoms with Crippen LogP contribution in [-0.2, 0) is 5.41 Å². The second-order valence-electron chi connectivity index (χ2n) is 12.1. The minimum atomic E-state index is 0.169. The summed E-state index contributed by atoms with van der Waals surface area (Å²) in [4.78, 5) is 0. The van der Waals surface area contributed by atoms with Gasteiger partial charge in [0.25, 0.3) is 0 Å². The van der Waals surface area contributed by atoms with Crippen molar-refractivity contribution in [2.24, 2.45) is 0 Å². The van der Waals surface area contributed by atoms with Gasteiger partial charge in [-0.1, -0.05) is 110 Å². The monoisotopic (exact) mass is 541 g/mol. The first kappa shape index (κ1) is 23.8. The zero-order valence-electron chi connectivity index (χ0n) is 23.5. The maximum absolute atomic E-state index is 6.49. The average Bonchev–Trinajstić information content (AvgIpc) is 3.54. The first-order valence-electron chi connectivity index (χ1n) is 15.2. The molecular weight excluding hydrogens is 510 g/mol. The maximum atomic E-state index is 6.49. The highest BCUT2D eigenvalue weighted by atomic mass is 16.3. The summed E-state index contributed by atoms with van der Waals surface area (Å²) >= 11 is 0. The summed E-state index contributed by atoms with van der Waals surface area (Å²) in [5.41, 5.74) is 12.4. The lowest BCUT2D eigenvalue weighted by molar-refractivity contribution is 0.353. The standard InChI is InChI=1S/C40H31NO/c1-6-22-40(23-7-1)34-15-5-4-12-32(34)38-35(40)16-9-17-36(38)41-29-20-18-26(19-21-29)30-13-8-14-31-33-24-27-10-2-3-11-28(27)25-37(33)42-39(30)31/h2-5,8-21,24-25,41H,1,6-7,22-23H2. The van der Waals surface area contributed by atoms with Gasteiger partial charge < -0.3 is 9.73 Å². The fourth-order valence-electron chi connectivity index (χ4n) is 7.90. The highest BCUT2D eigenvalue weighted by Crippen LogP contribution is 2.57. The lowest BCUT2D eigenvalue weighted by Crippen LogP contribution is -2.27. The van der Waals surface area contributed by atoms with Crippen LogP contribution in [0.25, 0.3) is 55.0 Å². The van der Waals surface area contributed by atoms with E-state index in [1.807, 2.05) is 0 Å². The van der Waals surface area contributed by atoms with E-state index < -0.39 is 0 Å². The molecule has 0 bridgehead atoms. The van der Waals surface area contributed by atoms with Crippen LogP contribution in [0.5, 0.6) is 0 Å². The molecule has 2 heteroatoms. The summed E-state index contributed by atoms with van der Waals surface area (Å²) < 4.78 is 6.49. The lowest BCUT2D eigenvalue weighted by Gasteiger charge is -2.36. The predicted octanol–water partition coefficient (Wildman–Crippen LogP) is 11.4. The van der Waals surface area contributed by atoms with E-state index >= 15 is 0 Å². The molecule has 1 saturated carbocycles. The van der Waals surface area contributed by atoms with Crippen LogP contribution in [0.3, 0.4) is 0 Å². The van der Waals surface area contributed by atoms with E-state index in [2.05, 4.69) is 127 Å². The van der Waals surface area contributed by atoms with Crippen LogP contribution in [0.4, 0.5) is 11.4 Å². The fraction of sp³-hybridized carbons (Fsp3) is 0.150. The average molecular weight is 542 g/mol. The number of nitrogens with one attached hydrogen (secondary N) is 1. The van der Waals surface area contributed by atoms with Crippen LogP contribution < -0.4 is 5.32 Å². The largest absolute Gasteiger partial charge is 0.455 e. The molecule has 0 amide bonds. The van der Waals surface area contributed by atoms with Gasteiger partial charge in [0, 0.05) is 38.7 Å². The van der Waals surface area contributed by atoms with E-state index in [1.165, 1.54) is 70.8 Å². The van der Waals surface area contributed by atoms with Crippen LogP contribution in [0.15, 0.2) is 126 Å². The number of para-hydroxylation sites is 1. The Kier molecular flexibility index (Phi) is 5.16. The van der Waals surface area contributed by atoms with Crippen LogP contribution in [0.2, 0.25) is 0 Å². The second kappa shape index (κ2) is 9.09. The molecule has 1 N–H and O–H groups in total. The molecule has 0 aliphatic heterocycles. The van der Waals surface area contributed by atoms with Gasteiger partial charge in [0.1, 0.15) is 11.2 Å².